The van der Waals surface area contributed by atoms with Crippen LogP contribution in [0, 0.1) is 6.92 Å². The first kappa shape index (κ1) is 16.2. The third kappa shape index (κ3) is 5.02. The Bertz CT molecular complexity index is 455. The zero-order valence-corrected chi connectivity index (χ0v) is 13.7. The van der Waals surface area contributed by atoms with Gasteiger partial charge in [-0.1, -0.05) is 38.8 Å². The second-order valence-corrected chi connectivity index (χ2v) is 10.4. The van der Waals surface area contributed by atoms with Crippen LogP contribution in [0.4, 0.5) is 0 Å². The average Bonchev–Trinajstić information content (AvgIpc) is 2.23. The lowest BCUT2D eigenvalue weighted by Crippen LogP contribution is -1.95. The molecule has 18 heavy (non-hydrogen) atoms. The molecule has 1 rings (SSSR count). The van der Waals surface area contributed by atoms with Crippen LogP contribution in [-0.4, -0.2) is 9.79 Å². The Balaban J connectivity index is 3.18. The van der Waals surface area contributed by atoms with Gasteiger partial charge in [-0.05, 0) is 59.6 Å². The molecule has 0 radical (unpaired) electrons. The molecule has 0 fully saturated rings. The molecule has 0 amide bonds. The van der Waals surface area contributed by atoms with E-state index < -0.39 is 5.69 Å². The standard InChI is InChI=1S/C13H21O2PS2/c1-4-6-11-8-10(3)13(18-16(14,15)17)12(9-11)7-5-2/h8-9H,4-7H2,1-3H3,(H2,14,15,17). The van der Waals surface area contributed by atoms with E-state index in [2.05, 4.69) is 26.0 Å². The van der Waals surface area contributed by atoms with Gasteiger partial charge in [0.1, 0.15) is 0 Å². The molecule has 0 aliphatic carbocycles. The van der Waals surface area contributed by atoms with Crippen molar-refractivity contribution in [2.75, 3.05) is 0 Å². The summed E-state index contributed by atoms with van der Waals surface area (Å²) in [6.07, 6.45) is 4.18. The summed E-state index contributed by atoms with van der Waals surface area (Å²) in [5.74, 6) is 0. The molecule has 0 saturated carbocycles. The van der Waals surface area contributed by atoms with Crippen molar-refractivity contribution in [2.24, 2.45) is 0 Å². The van der Waals surface area contributed by atoms with E-state index in [1.807, 2.05) is 6.92 Å². The van der Waals surface area contributed by atoms with Gasteiger partial charge in [0.2, 0.25) is 5.69 Å². The zero-order valence-electron chi connectivity index (χ0n) is 11.1. The molecule has 1 aromatic carbocycles. The highest BCUT2D eigenvalue weighted by atomic mass is 32.9. The van der Waals surface area contributed by atoms with Gasteiger partial charge in [-0.2, -0.15) is 0 Å². The third-order valence-electron chi connectivity index (χ3n) is 2.68. The Morgan fingerprint density at radius 1 is 1.17 bits per heavy atom. The Labute approximate surface area is 119 Å². The molecular formula is C13H21O2PS2. The molecule has 2 N–H and O–H groups in total. The first-order valence-electron chi connectivity index (χ1n) is 6.25. The molecule has 0 aromatic heterocycles. The summed E-state index contributed by atoms with van der Waals surface area (Å²) in [6.45, 7) is 6.31. The summed E-state index contributed by atoms with van der Waals surface area (Å²) in [4.78, 5) is 20.0. The number of aryl methyl sites for hydroxylation is 3. The Morgan fingerprint density at radius 3 is 2.28 bits per heavy atom. The second-order valence-electron chi connectivity index (χ2n) is 4.48. The lowest BCUT2D eigenvalue weighted by molar-refractivity contribution is 0.502. The van der Waals surface area contributed by atoms with Gasteiger partial charge in [-0.3, -0.25) is 0 Å². The topological polar surface area (TPSA) is 40.5 Å². The average molecular weight is 304 g/mol. The van der Waals surface area contributed by atoms with Gasteiger partial charge in [-0.25, -0.2) is 0 Å². The van der Waals surface area contributed by atoms with Crippen molar-refractivity contribution in [1.29, 1.82) is 0 Å². The van der Waals surface area contributed by atoms with E-state index in [4.69, 9.17) is 11.8 Å². The van der Waals surface area contributed by atoms with Gasteiger partial charge in [0, 0.05) is 4.90 Å². The molecule has 1 aromatic rings. The summed E-state index contributed by atoms with van der Waals surface area (Å²) >= 11 is 5.80. The smallest absolute Gasteiger partial charge is 0.246 e. The summed E-state index contributed by atoms with van der Waals surface area (Å²) in [5, 5.41) is 0. The van der Waals surface area contributed by atoms with Crippen molar-refractivity contribution in [2.45, 2.75) is 51.3 Å². The fraction of sp³-hybridized carbons (Fsp3) is 0.538. The van der Waals surface area contributed by atoms with Crippen molar-refractivity contribution in [3.05, 3.63) is 28.8 Å². The summed E-state index contributed by atoms with van der Waals surface area (Å²) in [6, 6.07) is 4.32. The van der Waals surface area contributed by atoms with Gasteiger partial charge in [-0.15, -0.1) is 0 Å². The number of rotatable bonds is 6. The maximum Gasteiger partial charge on any atom is 0.246 e. The Morgan fingerprint density at radius 2 is 1.78 bits per heavy atom. The Kier molecular flexibility index (Phi) is 6.36. The number of hydrogen-bond donors (Lipinski definition) is 2. The molecule has 0 unspecified atom stereocenters. The van der Waals surface area contributed by atoms with Crippen molar-refractivity contribution < 1.29 is 9.79 Å². The van der Waals surface area contributed by atoms with Crippen LogP contribution in [0.3, 0.4) is 0 Å². The van der Waals surface area contributed by atoms with Gasteiger partial charge in [0.15, 0.2) is 0 Å². The molecule has 0 spiro atoms. The van der Waals surface area contributed by atoms with Gasteiger partial charge in [0.25, 0.3) is 0 Å². The largest absolute Gasteiger partial charge is 0.337 e. The van der Waals surface area contributed by atoms with E-state index in [0.717, 1.165) is 47.5 Å². The van der Waals surface area contributed by atoms with E-state index in [1.165, 1.54) is 11.1 Å². The fourth-order valence-corrected chi connectivity index (χ4v) is 4.95. The van der Waals surface area contributed by atoms with E-state index in [1.54, 1.807) is 0 Å². The first-order chi connectivity index (χ1) is 8.37. The van der Waals surface area contributed by atoms with E-state index >= 15 is 0 Å². The maximum atomic E-state index is 9.51. The second kappa shape index (κ2) is 7.06. The van der Waals surface area contributed by atoms with Crippen LogP contribution in [0.5, 0.6) is 0 Å². The predicted octanol–water partition coefficient (Wildman–Crippen LogP) is 4.20. The highest BCUT2D eigenvalue weighted by Gasteiger charge is 2.16. The molecule has 0 heterocycles. The monoisotopic (exact) mass is 304 g/mol. The van der Waals surface area contributed by atoms with Gasteiger partial charge >= 0.3 is 0 Å². The molecule has 2 nitrogen and oxygen atoms in total. The summed E-state index contributed by atoms with van der Waals surface area (Å²) < 4.78 is 0. The normalized spacial score (nSPS) is 11.8. The maximum absolute atomic E-state index is 9.51. The van der Waals surface area contributed by atoms with E-state index in [0.29, 0.717) is 0 Å². The quantitative estimate of drug-likeness (QED) is 0.773. The minimum Gasteiger partial charge on any atom is -0.337 e. The minimum absolute atomic E-state index is 0.954. The molecule has 0 atom stereocenters. The summed E-state index contributed by atoms with van der Waals surface area (Å²) in [5.41, 5.74) is 0.381. The summed E-state index contributed by atoms with van der Waals surface area (Å²) in [7, 11) is 0. The molecular weight excluding hydrogens is 283 g/mol. The van der Waals surface area contributed by atoms with E-state index in [9.17, 15) is 9.79 Å². The van der Waals surface area contributed by atoms with Gasteiger partial charge < -0.3 is 9.79 Å². The van der Waals surface area contributed by atoms with Crippen molar-refractivity contribution >= 4 is 28.9 Å². The highest BCUT2D eigenvalue weighted by molar-refractivity contribution is 8.67. The highest BCUT2D eigenvalue weighted by Crippen LogP contribution is 2.56. The predicted molar refractivity (Wildman–Crippen MR) is 83.7 cm³/mol. The minimum atomic E-state index is -3.25. The van der Waals surface area contributed by atoms with Crippen molar-refractivity contribution in [3.8, 4) is 0 Å². The molecule has 5 heteroatoms. The van der Waals surface area contributed by atoms with E-state index in [-0.39, 0.29) is 0 Å². The van der Waals surface area contributed by atoms with Crippen LogP contribution >= 0.6 is 17.1 Å². The van der Waals surface area contributed by atoms with Crippen LogP contribution in [0.1, 0.15) is 43.4 Å². The van der Waals surface area contributed by atoms with Crippen molar-refractivity contribution in [1.82, 2.24) is 0 Å². The molecule has 0 aliphatic heterocycles. The zero-order chi connectivity index (χ0) is 13.8. The molecule has 102 valence electrons. The van der Waals surface area contributed by atoms with Crippen LogP contribution in [0.15, 0.2) is 17.0 Å². The van der Waals surface area contributed by atoms with Crippen LogP contribution < -0.4 is 0 Å². The fourth-order valence-electron chi connectivity index (χ4n) is 2.07. The Hall–Kier alpha value is 0.140. The van der Waals surface area contributed by atoms with Crippen LogP contribution in [0.2, 0.25) is 0 Å². The lowest BCUT2D eigenvalue weighted by Gasteiger charge is -2.16. The number of benzene rings is 1. The number of hydrogen-bond acceptors (Lipinski definition) is 2. The van der Waals surface area contributed by atoms with Crippen LogP contribution in [0.25, 0.3) is 0 Å². The first-order valence-corrected chi connectivity index (χ1v) is 10.4. The lowest BCUT2D eigenvalue weighted by atomic mass is 10.0. The third-order valence-corrected chi connectivity index (χ3v) is 5.62. The van der Waals surface area contributed by atoms with Crippen molar-refractivity contribution in [3.63, 3.8) is 0 Å². The SMILES string of the molecule is CCCc1cc(C)c(SP(O)(O)=S)c(CCC)c1. The molecule has 0 aliphatic rings. The van der Waals surface area contributed by atoms with Crippen LogP contribution in [-0.2, 0) is 24.6 Å². The molecule has 0 bridgehead atoms. The molecule has 0 saturated heterocycles. The van der Waals surface area contributed by atoms with Gasteiger partial charge in [0.05, 0.1) is 0 Å².